The van der Waals surface area contributed by atoms with Crippen LogP contribution in [0.4, 0.5) is 5.82 Å². The summed E-state index contributed by atoms with van der Waals surface area (Å²) in [7, 11) is 0. The number of aromatic nitrogens is 1. The van der Waals surface area contributed by atoms with Gasteiger partial charge in [0.05, 0.1) is 0 Å². The van der Waals surface area contributed by atoms with Gasteiger partial charge in [-0.05, 0) is 48.9 Å². The molecule has 118 valence electrons. The Kier molecular flexibility index (Phi) is 6.04. The van der Waals surface area contributed by atoms with E-state index in [0.717, 1.165) is 32.0 Å². The Labute approximate surface area is 130 Å². The van der Waals surface area contributed by atoms with Crippen LogP contribution in [0.5, 0.6) is 0 Å². The molecule has 1 aromatic heterocycles. The molecule has 3 heteroatoms. The van der Waals surface area contributed by atoms with Gasteiger partial charge in [-0.25, -0.2) is 4.98 Å². The summed E-state index contributed by atoms with van der Waals surface area (Å²) in [5.74, 6) is 1.16. The third-order valence-corrected chi connectivity index (χ3v) is 5.21. The first-order valence-electron chi connectivity index (χ1n) is 8.63. The molecule has 1 aliphatic heterocycles. The van der Waals surface area contributed by atoms with Crippen molar-refractivity contribution >= 4 is 5.82 Å². The molecular formula is C18H31N3. The average molecular weight is 289 g/mol. The number of hydrogen-bond donors (Lipinski definition) is 1. The van der Waals surface area contributed by atoms with Gasteiger partial charge in [-0.2, -0.15) is 0 Å². The predicted octanol–water partition coefficient (Wildman–Crippen LogP) is 3.99. The first-order chi connectivity index (χ1) is 10.2. The van der Waals surface area contributed by atoms with Crippen molar-refractivity contribution in [2.24, 2.45) is 5.41 Å². The van der Waals surface area contributed by atoms with Crippen molar-refractivity contribution in [3.05, 3.63) is 23.9 Å². The van der Waals surface area contributed by atoms with Crippen molar-refractivity contribution in [3.8, 4) is 0 Å². The maximum Gasteiger partial charge on any atom is 0.128 e. The molecule has 2 heterocycles. The van der Waals surface area contributed by atoms with E-state index in [0.29, 0.717) is 5.41 Å². The molecule has 21 heavy (non-hydrogen) atoms. The van der Waals surface area contributed by atoms with E-state index in [1.807, 2.05) is 6.20 Å². The van der Waals surface area contributed by atoms with Crippen molar-refractivity contribution < 1.29 is 0 Å². The largest absolute Gasteiger partial charge is 0.357 e. The van der Waals surface area contributed by atoms with Crippen molar-refractivity contribution in [1.82, 2.24) is 10.3 Å². The lowest BCUT2D eigenvalue weighted by Crippen LogP contribution is -2.40. The Morgan fingerprint density at radius 2 is 1.90 bits per heavy atom. The molecule has 0 spiro atoms. The molecule has 2 rings (SSSR count). The fraction of sp³-hybridized carbons (Fsp3) is 0.722. The normalized spacial score (nSPS) is 18.0. The van der Waals surface area contributed by atoms with Crippen LogP contribution < -0.4 is 10.2 Å². The molecule has 1 N–H and O–H groups in total. The highest BCUT2D eigenvalue weighted by Crippen LogP contribution is 2.38. The Balaban J connectivity index is 1.95. The third-order valence-electron chi connectivity index (χ3n) is 5.21. The Morgan fingerprint density at radius 3 is 2.52 bits per heavy atom. The Bertz CT molecular complexity index is 416. The highest BCUT2D eigenvalue weighted by Gasteiger charge is 2.31. The molecule has 1 saturated heterocycles. The van der Waals surface area contributed by atoms with E-state index in [-0.39, 0.29) is 0 Å². The summed E-state index contributed by atoms with van der Waals surface area (Å²) in [4.78, 5) is 7.05. The molecule has 0 amide bonds. The van der Waals surface area contributed by atoms with Crippen LogP contribution in [0, 0.1) is 5.41 Å². The molecule has 0 unspecified atom stereocenters. The Hall–Kier alpha value is -1.09. The number of nitrogens with zero attached hydrogens (tertiary/aromatic N) is 2. The molecular weight excluding hydrogens is 258 g/mol. The molecule has 0 atom stereocenters. The number of piperidine rings is 1. The second-order valence-electron chi connectivity index (χ2n) is 6.39. The fourth-order valence-corrected chi connectivity index (χ4v) is 3.32. The lowest BCUT2D eigenvalue weighted by Gasteiger charge is -2.41. The zero-order valence-corrected chi connectivity index (χ0v) is 14.0. The molecule has 0 bridgehead atoms. The number of hydrogen-bond acceptors (Lipinski definition) is 3. The molecule has 1 aliphatic rings. The van der Waals surface area contributed by atoms with Gasteiger partial charge in [0, 0.05) is 25.8 Å². The van der Waals surface area contributed by atoms with Crippen molar-refractivity contribution in [3.63, 3.8) is 0 Å². The van der Waals surface area contributed by atoms with Crippen LogP contribution in [-0.2, 0) is 6.54 Å². The first kappa shape index (κ1) is 16.3. The second-order valence-corrected chi connectivity index (χ2v) is 6.39. The van der Waals surface area contributed by atoms with E-state index < -0.39 is 0 Å². The molecule has 0 radical (unpaired) electrons. The summed E-state index contributed by atoms with van der Waals surface area (Å²) in [6.07, 6.45) is 8.37. The lowest BCUT2D eigenvalue weighted by atomic mass is 9.74. The van der Waals surface area contributed by atoms with E-state index >= 15 is 0 Å². The standard InChI is InChI=1S/C18H31N3/c1-4-10-19-15-16-7-11-20-17(14-16)21-12-8-18(5-2,6-3)9-13-21/h7,11,14,19H,4-6,8-10,12-13,15H2,1-3H3. The van der Waals surface area contributed by atoms with Crippen molar-refractivity contribution in [2.75, 3.05) is 24.5 Å². The predicted molar refractivity (Wildman–Crippen MR) is 90.7 cm³/mol. The highest BCUT2D eigenvalue weighted by atomic mass is 15.2. The maximum absolute atomic E-state index is 4.59. The summed E-state index contributed by atoms with van der Waals surface area (Å²) in [6, 6.07) is 4.38. The van der Waals surface area contributed by atoms with Crippen molar-refractivity contribution in [1.29, 1.82) is 0 Å². The lowest BCUT2D eigenvalue weighted by molar-refractivity contribution is 0.199. The monoisotopic (exact) mass is 289 g/mol. The van der Waals surface area contributed by atoms with Gasteiger partial charge in [0.15, 0.2) is 0 Å². The molecule has 0 saturated carbocycles. The minimum absolute atomic E-state index is 0.580. The minimum atomic E-state index is 0.580. The summed E-state index contributed by atoms with van der Waals surface area (Å²) in [5, 5.41) is 3.47. The van der Waals surface area contributed by atoms with E-state index in [4.69, 9.17) is 0 Å². The van der Waals surface area contributed by atoms with Gasteiger partial charge < -0.3 is 10.2 Å². The van der Waals surface area contributed by atoms with Crippen LogP contribution in [0.25, 0.3) is 0 Å². The second kappa shape index (κ2) is 7.79. The highest BCUT2D eigenvalue weighted by molar-refractivity contribution is 5.41. The first-order valence-corrected chi connectivity index (χ1v) is 8.63. The SMILES string of the molecule is CCCNCc1ccnc(N2CCC(CC)(CC)CC2)c1. The minimum Gasteiger partial charge on any atom is -0.357 e. The summed E-state index contributed by atoms with van der Waals surface area (Å²) in [5.41, 5.74) is 1.92. The average Bonchev–Trinajstić information content (AvgIpc) is 2.55. The number of rotatable bonds is 7. The summed E-state index contributed by atoms with van der Waals surface area (Å²) in [6.45, 7) is 11.2. The smallest absolute Gasteiger partial charge is 0.128 e. The third kappa shape index (κ3) is 4.19. The molecule has 0 aliphatic carbocycles. The van der Waals surface area contributed by atoms with E-state index in [1.165, 1.54) is 37.7 Å². The maximum atomic E-state index is 4.59. The number of nitrogens with one attached hydrogen (secondary N) is 1. The van der Waals surface area contributed by atoms with E-state index in [9.17, 15) is 0 Å². The fourth-order valence-electron chi connectivity index (χ4n) is 3.32. The van der Waals surface area contributed by atoms with E-state index in [2.05, 4.69) is 48.1 Å². The number of pyridine rings is 1. The zero-order valence-electron chi connectivity index (χ0n) is 14.0. The molecule has 1 fully saturated rings. The van der Waals surface area contributed by atoms with Crippen molar-refractivity contribution in [2.45, 2.75) is 59.4 Å². The number of anilines is 1. The van der Waals surface area contributed by atoms with Crippen LogP contribution in [0.2, 0.25) is 0 Å². The van der Waals surface area contributed by atoms with Gasteiger partial charge >= 0.3 is 0 Å². The molecule has 3 nitrogen and oxygen atoms in total. The van der Waals surface area contributed by atoms with Crippen LogP contribution >= 0.6 is 0 Å². The van der Waals surface area contributed by atoms with Gasteiger partial charge in [0.1, 0.15) is 5.82 Å². The zero-order chi connectivity index (χ0) is 15.1. The van der Waals surface area contributed by atoms with Gasteiger partial charge in [0.2, 0.25) is 0 Å². The van der Waals surface area contributed by atoms with Crippen LogP contribution in [0.15, 0.2) is 18.3 Å². The molecule has 0 aromatic carbocycles. The summed E-state index contributed by atoms with van der Waals surface area (Å²) < 4.78 is 0. The topological polar surface area (TPSA) is 28.2 Å². The van der Waals surface area contributed by atoms with E-state index in [1.54, 1.807) is 0 Å². The van der Waals surface area contributed by atoms with Crippen LogP contribution in [0.3, 0.4) is 0 Å². The van der Waals surface area contributed by atoms with Crippen LogP contribution in [0.1, 0.15) is 58.4 Å². The quantitative estimate of drug-likeness (QED) is 0.769. The van der Waals surface area contributed by atoms with Gasteiger partial charge in [-0.3, -0.25) is 0 Å². The summed E-state index contributed by atoms with van der Waals surface area (Å²) >= 11 is 0. The van der Waals surface area contributed by atoms with Gasteiger partial charge in [0.25, 0.3) is 0 Å². The Morgan fingerprint density at radius 1 is 1.19 bits per heavy atom. The van der Waals surface area contributed by atoms with Gasteiger partial charge in [-0.15, -0.1) is 0 Å². The van der Waals surface area contributed by atoms with Crippen LogP contribution in [-0.4, -0.2) is 24.6 Å². The van der Waals surface area contributed by atoms with Gasteiger partial charge in [-0.1, -0.05) is 33.6 Å². The molecule has 1 aromatic rings.